The number of pyridine rings is 11. The number of anilines is 1. The number of hydrogen-bond donors (Lipinski definition) is 9. The highest BCUT2D eigenvalue weighted by atomic mass is 16.2. The van der Waals surface area contributed by atoms with Crippen molar-refractivity contribution in [3.8, 4) is 45.0 Å². The van der Waals surface area contributed by atoms with E-state index in [0.29, 0.717) is 99.4 Å². The van der Waals surface area contributed by atoms with Crippen LogP contribution < -0.4 is 71.2 Å². The quantitative estimate of drug-likeness (QED) is 0.0621. The van der Waals surface area contributed by atoms with Crippen LogP contribution in [-0.4, -0.2) is 198 Å². The first-order valence-electron chi connectivity index (χ1n) is 43.5. The van der Waals surface area contributed by atoms with Crippen LogP contribution in [0.1, 0.15) is 86.8 Å². The molecule has 5 aliphatic heterocycles. The molecule has 0 unspecified atom stereocenters. The molecule has 18 aromatic rings. The summed E-state index contributed by atoms with van der Waals surface area (Å²) in [5, 5.41) is 16.8. The van der Waals surface area contributed by atoms with Gasteiger partial charge in [0.15, 0.2) is 0 Å². The van der Waals surface area contributed by atoms with Crippen LogP contribution in [0, 0.1) is 0 Å². The average molecular weight is 1720 g/mol. The molecule has 9 N–H and O–H groups in total. The minimum atomic E-state index is -0.448. The molecule has 1 aromatic carbocycles. The summed E-state index contributed by atoms with van der Waals surface area (Å²) in [5.41, 5.74) is 13.7. The second kappa shape index (κ2) is 34.3. The molecule has 36 heteroatoms. The van der Waals surface area contributed by atoms with Crippen LogP contribution in [0.4, 0.5) is 5.95 Å². The maximum absolute atomic E-state index is 13.0. The molecule has 0 bridgehead atoms. The lowest BCUT2D eigenvalue weighted by molar-refractivity contribution is 0.311. The van der Waals surface area contributed by atoms with E-state index >= 15 is 0 Å². The number of likely N-dealkylation sites (N-methyl/N-ethyl adjacent to an activating group) is 1. The summed E-state index contributed by atoms with van der Waals surface area (Å²) in [6.45, 7) is 10.3. The lowest BCUT2D eigenvalue weighted by Crippen LogP contribution is -2.45. The normalized spacial score (nSPS) is 16.1. The highest BCUT2D eigenvalue weighted by molar-refractivity contribution is 6.05. The van der Waals surface area contributed by atoms with E-state index in [9.17, 15) is 38.4 Å². The second-order valence-electron chi connectivity index (χ2n) is 33.2. The molecule has 5 fully saturated rings. The van der Waals surface area contributed by atoms with Crippen molar-refractivity contribution < 1.29 is 0 Å². The van der Waals surface area contributed by atoms with E-state index in [2.05, 4.69) is 126 Å². The van der Waals surface area contributed by atoms with Crippen molar-refractivity contribution in [1.82, 2.24) is 134 Å². The van der Waals surface area contributed by atoms with Crippen molar-refractivity contribution >= 4 is 122 Å². The summed E-state index contributed by atoms with van der Waals surface area (Å²) >= 11 is 0. The van der Waals surface area contributed by atoms with Gasteiger partial charge >= 0.3 is 22.8 Å². The Morgan fingerprint density at radius 2 is 0.744 bits per heavy atom. The predicted molar refractivity (Wildman–Crippen MR) is 495 cm³/mol. The van der Waals surface area contributed by atoms with E-state index in [1.165, 1.54) is 24.8 Å². The summed E-state index contributed by atoms with van der Waals surface area (Å²) in [6.07, 6.45) is 28.4. The van der Waals surface area contributed by atoms with Crippen molar-refractivity contribution in [3.63, 3.8) is 0 Å². The van der Waals surface area contributed by atoms with Gasteiger partial charge in [0.1, 0.15) is 27.7 Å². The third kappa shape index (κ3) is 15.4. The van der Waals surface area contributed by atoms with Crippen LogP contribution >= 0.6 is 0 Å². The first-order valence-corrected chi connectivity index (χ1v) is 43.5. The largest absolute Gasteiger partial charge is 0.345 e. The summed E-state index contributed by atoms with van der Waals surface area (Å²) in [5.74, 6) is 0.709. The Morgan fingerprint density at radius 1 is 0.357 bits per heavy atom. The molecule has 0 saturated carbocycles. The van der Waals surface area contributed by atoms with Crippen LogP contribution in [0.15, 0.2) is 203 Å². The number of H-pyrrole nitrogens is 5. The van der Waals surface area contributed by atoms with E-state index in [0.717, 1.165) is 209 Å². The van der Waals surface area contributed by atoms with Gasteiger partial charge in [0, 0.05) is 152 Å². The van der Waals surface area contributed by atoms with E-state index in [4.69, 9.17) is 19.9 Å². The highest BCUT2D eigenvalue weighted by Crippen LogP contribution is 2.36. The lowest BCUT2D eigenvalue weighted by Gasteiger charge is -2.32. The molecule has 17 aromatic heterocycles. The number of rotatable bonds is 9. The zero-order chi connectivity index (χ0) is 87.5. The Bertz CT molecular complexity index is 8070. The molecule has 129 heavy (non-hydrogen) atoms. The van der Waals surface area contributed by atoms with E-state index < -0.39 is 45.0 Å². The number of para-hydroxylation sites is 1. The Morgan fingerprint density at radius 3 is 1.19 bits per heavy atom. The van der Waals surface area contributed by atoms with Crippen molar-refractivity contribution in [2.75, 3.05) is 90.5 Å². The summed E-state index contributed by atoms with van der Waals surface area (Å²) in [4.78, 5) is 180. The number of aromatic nitrogens is 22. The maximum atomic E-state index is 13.0. The standard InChI is InChI=1S/C24H27N9O2.C24H20N6O2.C23H20N6O2.C22H19N7O2/c1-31-8-10-32(11-9-31)23-27-12-15(13-28-23)18-2-3-19-20(29-18)21-17(14-26-19)22(34)30-24(35)33(21)16-4-6-25-7-5-16;31-23-17-13-27-20-6-5-19(15-11-14-3-1-2-4-18(14)26-12-15)28-21(20)22(17)30(24(32)29-23)16-7-9-25-10-8-16;30-22-16-12-26-19-5-4-18(14-10-13-2-1-3-17(13)25-11-14)27-20(19)21(16)29(23(31)28-22)15-6-8-24-9-7-15;30-21-15-11-25-17-4-3-16(14-10-26-20-13(14)2-1-7-24-20)27-18(17)19(15)29(22(31)28-21)12-5-8-23-9-6-12/h2-3,12-14,16,25H,4-11H2,1H3,(H,30,34,35);1-6,11-13,16,25H,7-10H2,(H,29,31,32);1-2,4-5,10-12,15,24H,3,6-9H2,(H,28,30,31);1-4,7,10-12,23H,5-6,8-9H2,(H,24,26)(H,28,30,31). The van der Waals surface area contributed by atoms with Crippen LogP contribution in [0.2, 0.25) is 0 Å². The molecule has 22 heterocycles. The van der Waals surface area contributed by atoms with Gasteiger partial charge in [0.05, 0.1) is 99.7 Å². The third-order valence-corrected chi connectivity index (χ3v) is 25.4. The molecule has 646 valence electrons. The first kappa shape index (κ1) is 81.0. The zero-order valence-electron chi connectivity index (χ0n) is 70.1. The number of hydrogen-bond acceptors (Lipinski definition) is 27. The number of piperidine rings is 4. The molecule has 6 aliphatic rings. The Labute approximate surface area is 729 Å². The van der Waals surface area contributed by atoms with Gasteiger partial charge in [0.2, 0.25) is 5.95 Å². The number of aromatic amines is 5. The Kier molecular flexibility index (Phi) is 21.5. The number of fused-ring (bicyclic) bond motifs is 15. The van der Waals surface area contributed by atoms with Crippen molar-refractivity contribution in [2.45, 2.75) is 82.0 Å². The molecule has 0 amide bonds. The van der Waals surface area contributed by atoms with Crippen LogP contribution in [0.5, 0.6) is 0 Å². The van der Waals surface area contributed by atoms with Gasteiger partial charge < -0.3 is 36.1 Å². The minimum Gasteiger partial charge on any atom is -0.345 e. The minimum absolute atomic E-state index is 0.00375. The molecule has 36 nitrogen and oxygen atoms in total. The van der Waals surface area contributed by atoms with Gasteiger partial charge in [-0.2, -0.15) is 0 Å². The van der Waals surface area contributed by atoms with Gasteiger partial charge in [-0.15, -0.1) is 0 Å². The Balaban J connectivity index is 0.000000104. The Hall–Kier alpha value is -15.1. The average Bonchev–Trinajstić information content (AvgIpc) is 1.18. The van der Waals surface area contributed by atoms with Gasteiger partial charge in [-0.25, -0.2) is 54.1 Å². The summed E-state index contributed by atoms with van der Waals surface area (Å²) < 4.78 is 6.82. The van der Waals surface area contributed by atoms with E-state index in [1.807, 2.05) is 103 Å². The molecule has 0 atom stereocenters. The van der Waals surface area contributed by atoms with Gasteiger partial charge in [-0.05, 0) is 195 Å². The van der Waals surface area contributed by atoms with Gasteiger partial charge in [-0.3, -0.25) is 87.3 Å². The van der Waals surface area contributed by atoms with Crippen molar-refractivity contribution in [2.24, 2.45) is 0 Å². The number of piperazine rings is 1. The SMILES string of the molecule is CN1CCN(c2ncc(-c3ccc4ncc5c(=O)[nH]c(=O)n(C6CCNCC6)c5c4n3)cn2)CC1.O=c1[nH]c(=O)n(C2CCNCC2)c2c1cnc1ccc(-c3c[nH]c4ncccc34)nc12.O=c1[nH]c(=O)n(C2CCNCC2)c2c1cnc1ccc(-c3cnc4c(c3)C=CC4)nc12.O=c1[nH]c(=O)n(C2CCNCC2)c2c1cnc1ccc(-c3cnc4ccccc4c3)nc12. The summed E-state index contributed by atoms with van der Waals surface area (Å²) in [6, 6.07) is 30.9. The van der Waals surface area contributed by atoms with Gasteiger partial charge in [0.25, 0.3) is 22.2 Å². The second-order valence-corrected chi connectivity index (χ2v) is 33.2. The fraction of sp³-hybridized carbons (Fsp3) is 0.280. The molecule has 0 spiro atoms. The number of allylic oxidation sites excluding steroid dienone is 1. The lowest BCUT2D eigenvalue weighted by atomic mass is 10.1. The number of benzene rings is 1. The van der Waals surface area contributed by atoms with Crippen LogP contribution in [-0.2, 0) is 6.42 Å². The molecule has 1 aliphatic carbocycles. The predicted octanol–water partition coefficient (Wildman–Crippen LogP) is 7.83. The molecular formula is C93H86N28O8. The molecule has 5 saturated heterocycles. The fourth-order valence-corrected chi connectivity index (χ4v) is 18.7. The molecule has 0 radical (unpaired) electrons. The fourth-order valence-electron chi connectivity index (χ4n) is 18.7. The molecular weight excluding hydrogens is 1640 g/mol. The van der Waals surface area contributed by atoms with Crippen LogP contribution in [0.3, 0.4) is 0 Å². The smallest absolute Gasteiger partial charge is 0.329 e. The number of nitrogens with zero attached hydrogens (tertiary/aromatic N) is 19. The topological polar surface area (TPSA) is 457 Å². The summed E-state index contributed by atoms with van der Waals surface area (Å²) in [7, 11) is 2.11. The third-order valence-electron chi connectivity index (χ3n) is 25.4. The first-order chi connectivity index (χ1) is 63.2. The van der Waals surface area contributed by atoms with E-state index in [1.54, 1.807) is 43.1 Å². The molecule has 24 rings (SSSR count). The van der Waals surface area contributed by atoms with Crippen LogP contribution in [0.25, 0.3) is 161 Å². The van der Waals surface area contributed by atoms with E-state index in [-0.39, 0.29) is 24.2 Å². The number of nitrogens with one attached hydrogen (secondary N) is 9. The van der Waals surface area contributed by atoms with Crippen molar-refractivity contribution in [3.05, 3.63) is 260 Å². The monoisotopic (exact) mass is 1720 g/mol. The van der Waals surface area contributed by atoms with Gasteiger partial charge in [-0.1, -0.05) is 30.4 Å². The zero-order valence-corrected chi connectivity index (χ0v) is 70.1. The highest BCUT2D eigenvalue weighted by Gasteiger charge is 2.29. The maximum Gasteiger partial charge on any atom is 0.329 e. The van der Waals surface area contributed by atoms with Crippen molar-refractivity contribution in [1.29, 1.82) is 0 Å².